The molecule has 5 nitrogen and oxygen atoms in total. The highest BCUT2D eigenvalue weighted by Gasteiger charge is 2.08. The number of nitrogens with zero attached hydrogens (tertiary/aromatic N) is 3. The molecule has 0 amide bonds. The monoisotopic (exact) mass is 240 g/mol. The zero-order valence-electron chi connectivity index (χ0n) is 11.3. The summed E-state index contributed by atoms with van der Waals surface area (Å²) in [6, 6.07) is 0.417. The molecule has 1 aromatic rings. The normalized spacial score (nSPS) is 12.8. The van der Waals surface area contributed by atoms with Crippen molar-refractivity contribution >= 4 is 5.95 Å². The van der Waals surface area contributed by atoms with Crippen molar-refractivity contribution in [2.75, 3.05) is 25.6 Å². The number of hydrogen-bond acceptors (Lipinski definition) is 4. The molecule has 5 heteroatoms. The predicted octanol–water partition coefficient (Wildman–Crippen LogP) is 0.737. The Hall–Kier alpha value is -1.07. The van der Waals surface area contributed by atoms with Crippen LogP contribution in [-0.4, -0.2) is 41.4 Å². The van der Waals surface area contributed by atoms with E-state index in [-0.39, 0.29) is 6.61 Å². The molecule has 1 atom stereocenters. The third-order valence-electron chi connectivity index (χ3n) is 2.89. The molecule has 0 fully saturated rings. The van der Waals surface area contributed by atoms with Gasteiger partial charge in [0, 0.05) is 40.3 Å². The molecule has 1 aromatic heterocycles. The van der Waals surface area contributed by atoms with Crippen LogP contribution in [0.1, 0.15) is 25.5 Å². The molecule has 0 aliphatic heterocycles. The minimum absolute atomic E-state index is 0.266. The van der Waals surface area contributed by atoms with Gasteiger partial charge in [-0.05, 0) is 19.8 Å². The van der Waals surface area contributed by atoms with Gasteiger partial charge < -0.3 is 19.9 Å². The highest BCUT2D eigenvalue weighted by Crippen LogP contribution is 2.10. The number of imidazole rings is 1. The van der Waals surface area contributed by atoms with E-state index >= 15 is 0 Å². The Bertz CT molecular complexity index is 335. The molecular weight excluding hydrogens is 216 g/mol. The summed E-state index contributed by atoms with van der Waals surface area (Å²) in [6.45, 7) is 3.21. The molecule has 2 N–H and O–H groups in total. The van der Waals surface area contributed by atoms with Crippen molar-refractivity contribution in [2.45, 2.75) is 32.4 Å². The topological polar surface area (TPSA) is 53.3 Å². The molecule has 0 radical (unpaired) electrons. The van der Waals surface area contributed by atoms with Gasteiger partial charge in [-0.1, -0.05) is 0 Å². The van der Waals surface area contributed by atoms with E-state index in [1.54, 1.807) is 0 Å². The number of aromatic nitrogens is 2. The third kappa shape index (κ3) is 4.02. The largest absolute Gasteiger partial charge is 0.396 e. The Morgan fingerprint density at radius 3 is 2.76 bits per heavy atom. The van der Waals surface area contributed by atoms with Crippen LogP contribution in [0.5, 0.6) is 0 Å². The van der Waals surface area contributed by atoms with Gasteiger partial charge in [0.1, 0.15) is 0 Å². The van der Waals surface area contributed by atoms with Gasteiger partial charge in [-0.2, -0.15) is 0 Å². The first-order valence-electron chi connectivity index (χ1n) is 6.08. The van der Waals surface area contributed by atoms with Crippen LogP contribution in [0.4, 0.5) is 5.95 Å². The molecule has 0 aliphatic carbocycles. The van der Waals surface area contributed by atoms with Crippen LogP contribution in [0.25, 0.3) is 0 Å². The summed E-state index contributed by atoms with van der Waals surface area (Å²) in [5, 5.41) is 12.2. The van der Waals surface area contributed by atoms with Crippen LogP contribution in [0.15, 0.2) is 6.20 Å². The first-order chi connectivity index (χ1) is 8.06. The van der Waals surface area contributed by atoms with E-state index in [4.69, 9.17) is 5.11 Å². The minimum atomic E-state index is 0.266. The van der Waals surface area contributed by atoms with Crippen molar-refractivity contribution in [3.8, 4) is 0 Å². The lowest BCUT2D eigenvalue weighted by molar-refractivity contribution is 0.276. The molecule has 1 unspecified atom stereocenters. The Morgan fingerprint density at radius 1 is 1.53 bits per heavy atom. The molecule has 0 spiro atoms. The average molecular weight is 240 g/mol. The predicted molar refractivity (Wildman–Crippen MR) is 70.2 cm³/mol. The third-order valence-corrected chi connectivity index (χ3v) is 2.89. The molecule has 0 aliphatic rings. The summed E-state index contributed by atoms with van der Waals surface area (Å²) in [6.07, 6.45) is 3.75. The summed E-state index contributed by atoms with van der Waals surface area (Å²) in [7, 11) is 6.00. The molecule has 0 aromatic carbocycles. The summed E-state index contributed by atoms with van der Waals surface area (Å²) < 4.78 is 2.09. The minimum Gasteiger partial charge on any atom is -0.396 e. The number of anilines is 1. The lowest BCUT2D eigenvalue weighted by atomic mass is 10.2. The number of nitrogens with one attached hydrogen (secondary N) is 1. The van der Waals surface area contributed by atoms with E-state index in [9.17, 15) is 0 Å². The first kappa shape index (κ1) is 14.0. The molecular formula is C12H24N4O. The van der Waals surface area contributed by atoms with Crippen molar-refractivity contribution in [1.82, 2.24) is 14.9 Å². The van der Waals surface area contributed by atoms with Gasteiger partial charge in [-0.25, -0.2) is 4.98 Å². The van der Waals surface area contributed by atoms with Gasteiger partial charge >= 0.3 is 0 Å². The van der Waals surface area contributed by atoms with E-state index in [2.05, 4.69) is 21.8 Å². The summed E-state index contributed by atoms with van der Waals surface area (Å²) in [5.41, 5.74) is 1.17. The van der Waals surface area contributed by atoms with Gasteiger partial charge in [-0.3, -0.25) is 0 Å². The van der Waals surface area contributed by atoms with Crippen LogP contribution >= 0.6 is 0 Å². The highest BCUT2D eigenvalue weighted by atomic mass is 16.2. The zero-order valence-corrected chi connectivity index (χ0v) is 11.3. The fourth-order valence-electron chi connectivity index (χ4n) is 1.79. The number of hydrogen-bond donors (Lipinski definition) is 2. The first-order valence-corrected chi connectivity index (χ1v) is 6.08. The SMILES string of the molecule is CC(CCCO)NCc1cnc(N(C)C)n1C. The Kier molecular flexibility index (Phi) is 5.44. The van der Waals surface area contributed by atoms with Crippen molar-refractivity contribution in [3.05, 3.63) is 11.9 Å². The second-order valence-electron chi connectivity index (χ2n) is 4.65. The fourth-order valence-corrected chi connectivity index (χ4v) is 1.79. The maximum atomic E-state index is 8.76. The molecule has 0 saturated heterocycles. The van der Waals surface area contributed by atoms with Crippen LogP contribution in [0, 0.1) is 0 Å². The second-order valence-corrected chi connectivity index (χ2v) is 4.65. The van der Waals surface area contributed by atoms with Crippen LogP contribution < -0.4 is 10.2 Å². The van der Waals surface area contributed by atoms with E-state index in [1.807, 2.05) is 32.2 Å². The maximum Gasteiger partial charge on any atom is 0.204 e. The van der Waals surface area contributed by atoms with Gasteiger partial charge in [0.25, 0.3) is 0 Å². The highest BCUT2D eigenvalue weighted by molar-refractivity contribution is 5.30. The zero-order chi connectivity index (χ0) is 12.8. The molecule has 0 saturated carbocycles. The summed E-state index contributed by atoms with van der Waals surface area (Å²) >= 11 is 0. The van der Waals surface area contributed by atoms with Crippen LogP contribution in [0.3, 0.4) is 0 Å². The number of aliphatic hydroxyl groups excluding tert-OH is 1. The number of aliphatic hydroxyl groups is 1. The standard InChI is InChI=1S/C12H24N4O/c1-10(6-5-7-17)13-8-11-9-14-12(15(2)3)16(11)4/h9-10,13,17H,5-8H2,1-4H3. The van der Waals surface area contributed by atoms with E-state index in [0.29, 0.717) is 6.04 Å². The van der Waals surface area contributed by atoms with E-state index in [0.717, 1.165) is 25.3 Å². The quantitative estimate of drug-likeness (QED) is 0.738. The summed E-state index contributed by atoms with van der Waals surface area (Å²) in [5.74, 6) is 0.963. The average Bonchev–Trinajstić information content (AvgIpc) is 2.65. The van der Waals surface area contributed by atoms with Gasteiger partial charge in [0.15, 0.2) is 0 Å². The smallest absolute Gasteiger partial charge is 0.204 e. The van der Waals surface area contributed by atoms with Crippen LogP contribution in [0.2, 0.25) is 0 Å². The van der Waals surface area contributed by atoms with Crippen molar-refractivity contribution in [3.63, 3.8) is 0 Å². The second kappa shape index (κ2) is 6.61. The van der Waals surface area contributed by atoms with Gasteiger partial charge in [0.2, 0.25) is 5.95 Å². The maximum absolute atomic E-state index is 8.76. The number of rotatable bonds is 7. The Morgan fingerprint density at radius 2 is 2.24 bits per heavy atom. The molecule has 1 rings (SSSR count). The van der Waals surface area contributed by atoms with Crippen molar-refractivity contribution < 1.29 is 5.11 Å². The van der Waals surface area contributed by atoms with Crippen molar-refractivity contribution in [2.24, 2.45) is 7.05 Å². The summed E-state index contributed by atoms with van der Waals surface area (Å²) in [4.78, 5) is 6.36. The Balaban J connectivity index is 2.46. The molecule has 0 bridgehead atoms. The van der Waals surface area contributed by atoms with Gasteiger partial charge in [0.05, 0.1) is 11.9 Å². The van der Waals surface area contributed by atoms with Crippen LogP contribution in [-0.2, 0) is 13.6 Å². The molecule has 1 heterocycles. The fraction of sp³-hybridized carbons (Fsp3) is 0.750. The van der Waals surface area contributed by atoms with Gasteiger partial charge in [-0.15, -0.1) is 0 Å². The Labute approximate surface area is 103 Å². The van der Waals surface area contributed by atoms with E-state index in [1.165, 1.54) is 5.69 Å². The molecule has 17 heavy (non-hydrogen) atoms. The lowest BCUT2D eigenvalue weighted by Crippen LogP contribution is -2.26. The molecule has 98 valence electrons. The lowest BCUT2D eigenvalue weighted by Gasteiger charge is -2.15. The van der Waals surface area contributed by atoms with Crippen molar-refractivity contribution in [1.29, 1.82) is 0 Å². The van der Waals surface area contributed by atoms with E-state index < -0.39 is 0 Å².